The van der Waals surface area contributed by atoms with Crippen LogP contribution in [0.2, 0.25) is 0 Å². The Kier molecular flexibility index (Phi) is 3.97. The molecule has 0 heterocycles. The van der Waals surface area contributed by atoms with Gasteiger partial charge in [-0.25, -0.2) is 0 Å². The van der Waals surface area contributed by atoms with Gasteiger partial charge in [0.05, 0.1) is 0 Å². The molecule has 0 rings (SSSR count). The minimum Gasteiger partial charge on any atom is -0.459 e. The summed E-state index contributed by atoms with van der Waals surface area (Å²) in [5, 5.41) is 0. The molecule has 0 aromatic carbocycles. The summed E-state index contributed by atoms with van der Waals surface area (Å²) < 4.78 is 5.28. The third kappa shape index (κ3) is 6.50. The lowest BCUT2D eigenvalue weighted by atomic mass is 9.81. The first-order valence-electron chi connectivity index (χ1n) is 5.36. The second-order valence-corrected chi connectivity index (χ2v) is 6.66. The van der Waals surface area contributed by atoms with Gasteiger partial charge in [0.15, 0.2) is 0 Å². The van der Waals surface area contributed by atoms with Gasteiger partial charge in [0.2, 0.25) is 0 Å². The van der Waals surface area contributed by atoms with Crippen LogP contribution in [0.5, 0.6) is 0 Å². The van der Waals surface area contributed by atoms with Gasteiger partial charge in [-0.15, -0.1) is 0 Å². The zero-order valence-corrected chi connectivity index (χ0v) is 11.1. The maximum atomic E-state index is 11.8. The van der Waals surface area contributed by atoms with Crippen molar-refractivity contribution in [2.45, 2.75) is 66.0 Å². The normalized spacial score (nSPS) is 17.1. The monoisotopic (exact) mass is 215 g/mol. The van der Waals surface area contributed by atoms with E-state index in [1.54, 1.807) is 6.92 Å². The number of hydrogen-bond donors (Lipinski definition) is 1. The summed E-state index contributed by atoms with van der Waals surface area (Å²) >= 11 is 0. The predicted octanol–water partition coefficient (Wildman–Crippen LogP) is 2.48. The van der Waals surface area contributed by atoms with Crippen molar-refractivity contribution in [2.75, 3.05) is 0 Å². The van der Waals surface area contributed by atoms with Crippen LogP contribution in [-0.4, -0.2) is 17.1 Å². The van der Waals surface area contributed by atoms with Crippen molar-refractivity contribution in [3.05, 3.63) is 0 Å². The summed E-state index contributed by atoms with van der Waals surface area (Å²) in [6.45, 7) is 13.4. The van der Waals surface area contributed by atoms with Gasteiger partial charge >= 0.3 is 5.97 Å². The lowest BCUT2D eigenvalue weighted by Gasteiger charge is -2.33. The molecule has 0 aliphatic heterocycles. The van der Waals surface area contributed by atoms with E-state index >= 15 is 0 Å². The summed E-state index contributed by atoms with van der Waals surface area (Å²) in [4.78, 5) is 11.8. The maximum Gasteiger partial charge on any atom is 0.326 e. The molecule has 0 fully saturated rings. The lowest BCUT2D eigenvalue weighted by Crippen LogP contribution is -2.50. The molecule has 0 saturated carbocycles. The topological polar surface area (TPSA) is 52.3 Å². The highest BCUT2D eigenvalue weighted by Crippen LogP contribution is 2.27. The molecule has 2 N–H and O–H groups in total. The zero-order chi connectivity index (χ0) is 12.5. The Morgan fingerprint density at radius 3 is 1.73 bits per heavy atom. The number of rotatable bonds is 2. The van der Waals surface area contributed by atoms with E-state index in [-0.39, 0.29) is 11.4 Å². The molecule has 0 amide bonds. The molecule has 0 radical (unpaired) electrons. The fourth-order valence-corrected chi connectivity index (χ4v) is 1.57. The quantitative estimate of drug-likeness (QED) is 0.720. The average Bonchev–Trinajstić information content (AvgIpc) is 1.75. The fraction of sp³-hybridized carbons (Fsp3) is 0.917. The van der Waals surface area contributed by atoms with Crippen molar-refractivity contribution in [1.82, 2.24) is 0 Å². The van der Waals surface area contributed by atoms with Crippen LogP contribution in [0.3, 0.4) is 0 Å². The fourth-order valence-electron chi connectivity index (χ4n) is 1.57. The van der Waals surface area contributed by atoms with Gasteiger partial charge in [-0.1, -0.05) is 20.8 Å². The number of carbonyl (C=O) groups excluding carboxylic acids is 1. The summed E-state index contributed by atoms with van der Waals surface area (Å²) in [7, 11) is 0. The van der Waals surface area contributed by atoms with Gasteiger partial charge in [-0.05, 0) is 39.5 Å². The second kappa shape index (κ2) is 4.12. The first-order chi connectivity index (χ1) is 6.33. The summed E-state index contributed by atoms with van der Waals surface area (Å²) in [5.41, 5.74) is 4.61. The van der Waals surface area contributed by atoms with Crippen molar-refractivity contribution in [2.24, 2.45) is 11.1 Å². The second-order valence-electron chi connectivity index (χ2n) is 6.66. The van der Waals surface area contributed by atoms with Crippen molar-refractivity contribution in [3.63, 3.8) is 0 Å². The first-order valence-corrected chi connectivity index (χ1v) is 5.36. The lowest BCUT2D eigenvalue weighted by molar-refractivity contribution is -0.162. The molecule has 0 saturated heterocycles. The maximum absolute atomic E-state index is 11.8. The van der Waals surface area contributed by atoms with Crippen LogP contribution in [-0.2, 0) is 9.53 Å². The van der Waals surface area contributed by atoms with E-state index in [0.29, 0.717) is 6.42 Å². The number of esters is 1. The van der Waals surface area contributed by atoms with Crippen LogP contribution in [0.15, 0.2) is 0 Å². The minimum absolute atomic E-state index is 0.0143. The van der Waals surface area contributed by atoms with Crippen LogP contribution >= 0.6 is 0 Å². The summed E-state index contributed by atoms with van der Waals surface area (Å²) in [6, 6.07) is 0. The van der Waals surface area contributed by atoms with Crippen molar-refractivity contribution in [1.29, 1.82) is 0 Å². The first kappa shape index (κ1) is 14.4. The molecule has 90 valence electrons. The Labute approximate surface area is 93.4 Å². The number of ether oxygens (including phenoxy) is 1. The van der Waals surface area contributed by atoms with E-state index in [2.05, 4.69) is 20.8 Å². The van der Waals surface area contributed by atoms with Crippen molar-refractivity contribution < 1.29 is 9.53 Å². The molecular weight excluding hydrogens is 190 g/mol. The Morgan fingerprint density at radius 1 is 1.07 bits per heavy atom. The highest BCUT2D eigenvalue weighted by atomic mass is 16.6. The number of hydrogen-bond acceptors (Lipinski definition) is 3. The summed E-state index contributed by atoms with van der Waals surface area (Å²) in [5.74, 6) is -0.329. The molecule has 0 aromatic heterocycles. The van der Waals surface area contributed by atoms with E-state index in [1.165, 1.54) is 0 Å². The van der Waals surface area contributed by atoms with Crippen LogP contribution in [0.4, 0.5) is 0 Å². The standard InChI is InChI=1S/C12H25NO2/c1-10(2,3)8-12(7,13)9(14)15-11(4,5)6/h8,13H2,1-7H3. The highest BCUT2D eigenvalue weighted by molar-refractivity contribution is 5.80. The Hall–Kier alpha value is -0.570. The van der Waals surface area contributed by atoms with Gasteiger partial charge in [0, 0.05) is 0 Å². The van der Waals surface area contributed by atoms with Gasteiger partial charge < -0.3 is 10.5 Å². The average molecular weight is 215 g/mol. The van der Waals surface area contributed by atoms with E-state index in [4.69, 9.17) is 10.5 Å². The van der Waals surface area contributed by atoms with Crippen molar-refractivity contribution >= 4 is 5.97 Å². The molecule has 3 heteroatoms. The molecule has 0 bridgehead atoms. The summed E-state index contributed by atoms with van der Waals surface area (Å²) in [6.07, 6.45) is 0.606. The SMILES string of the molecule is CC(C)(C)CC(C)(N)C(=O)OC(C)(C)C. The molecule has 0 aliphatic carbocycles. The third-order valence-corrected chi connectivity index (χ3v) is 1.76. The third-order valence-electron chi connectivity index (χ3n) is 1.76. The molecule has 0 aliphatic rings. The largest absolute Gasteiger partial charge is 0.459 e. The van der Waals surface area contributed by atoms with Crippen LogP contribution in [0.25, 0.3) is 0 Å². The smallest absolute Gasteiger partial charge is 0.326 e. The molecule has 0 spiro atoms. The van der Waals surface area contributed by atoms with Gasteiger partial charge in [-0.3, -0.25) is 4.79 Å². The molecule has 1 atom stereocenters. The number of nitrogens with two attached hydrogens (primary N) is 1. The molecule has 3 nitrogen and oxygen atoms in total. The van der Waals surface area contributed by atoms with Crippen LogP contribution < -0.4 is 5.73 Å². The minimum atomic E-state index is -0.911. The molecule has 15 heavy (non-hydrogen) atoms. The molecular formula is C12H25NO2. The van der Waals surface area contributed by atoms with E-state index in [9.17, 15) is 4.79 Å². The van der Waals surface area contributed by atoms with Crippen LogP contribution in [0, 0.1) is 5.41 Å². The predicted molar refractivity (Wildman–Crippen MR) is 62.5 cm³/mol. The van der Waals surface area contributed by atoms with Crippen LogP contribution in [0.1, 0.15) is 54.9 Å². The van der Waals surface area contributed by atoms with Gasteiger partial charge in [0.25, 0.3) is 0 Å². The number of carbonyl (C=O) groups is 1. The van der Waals surface area contributed by atoms with E-state index in [0.717, 1.165) is 0 Å². The molecule has 0 aromatic rings. The van der Waals surface area contributed by atoms with E-state index < -0.39 is 11.1 Å². The molecule has 1 unspecified atom stereocenters. The Bertz CT molecular complexity index is 231. The Balaban J connectivity index is 4.54. The van der Waals surface area contributed by atoms with Gasteiger partial charge in [0.1, 0.15) is 11.1 Å². The van der Waals surface area contributed by atoms with Crippen molar-refractivity contribution in [3.8, 4) is 0 Å². The highest BCUT2D eigenvalue weighted by Gasteiger charge is 2.36. The Morgan fingerprint density at radius 2 is 1.47 bits per heavy atom. The van der Waals surface area contributed by atoms with E-state index in [1.807, 2.05) is 20.8 Å². The van der Waals surface area contributed by atoms with Gasteiger partial charge in [-0.2, -0.15) is 0 Å². The zero-order valence-electron chi connectivity index (χ0n) is 11.1.